The summed E-state index contributed by atoms with van der Waals surface area (Å²) in [6.07, 6.45) is 0.364. The van der Waals surface area contributed by atoms with Crippen LogP contribution < -0.4 is 10.6 Å². The summed E-state index contributed by atoms with van der Waals surface area (Å²) < 4.78 is 1.77. The molecule has 7 heteroatoms. The lowest BCUT2D eigenvalue weighted by molar-refractivity contribution is -0.137. The number of aliphatic carboxylic acids is 1. The van der Waals surface area contributed by atoms with E-state index in [1.54, 1.807) is 18.5 Å². The van der Waals surface area contributed by atoms with Gasteiger partial charge in [0.1, 0.15) is 0 Å². The van der Waals surface area contributed by atoms with Crippen molar-refractivity contribution in [1.29, 1.82) is 0 Å². The third kappa shape index (κ3) is 4.21. The van der Waals surface area contributed by atoms with Crippen LogP contribution in [0.5, 0.6) is 0 Å². The quantitative estimate of drug-likeness (QED) is 0.789. The first-order chi connectivity index (χ1) is 10.7. The summed E-state index contributed by atoms with van der Waals surface area (Å²) >= 11 is 0. The lowest BCUT2D eigenvalue weighted by atomic mass is 9.99. The van der Waals surface area contributed by atoms with Crippen molar-refractivity contribution in [1.82, 2.24) is 15.1 Å². The first-order valence-corrected chi connectivity index (χ1v) is 7.42. The van der Waals surface area contributed by atoms with E-state index in [0.29, 0.717) is 12.1 Å². The van der Waals surface area contributed by atoms with Crippen molar-refractivity contribution >= 4 is 28.6 Å². The second kappa shape index (κ2) is 6.28. The molecule has 0 aliphatic rings. The third-order valence-electron chi connectivity index (χ3n) is 3.71. The van der Waals surface area contributed by atoms with Crippen LogP contribution in [0.4, 0.5) is 10.5 Å². The second-order valence-corrected chi connectivity index (χ2v) is 6.30. The molecule has 0 saturated carbocycles. The molecular weight excluding hydrogens is 296 g/mol. The van der Waals surface area contributed by atoms with Crippen LogP contribution in [-0.4, -0.2) is 32.4 Å². The van der Waals surface area contributed by atoms with E-state index in [2.05, 4.69) is 15.7 Å². The molecule has 0 aliphatic heterocycles. The molecule has 1 heterocycles. The Morgan fingerprint density at radius 2 is 2.04 bits per heavy atom. The number of carbonyl (C=O) groups is 2. The summed E-state index contributed by atoms with van der Waals surface area (Å²) in [7, 11) is 1.86. The van der Waals surface area contributed by atoms with Gasteiger partial charge in [-0.3, -0.25) is 9.48 Å². The van der Waals surface area contributed by atoms with Gasteiger partial charge in [0.2, 0.25) is 0 Å². The molecular formula is C16H22N4O3. The molecule has 0 bridgehead atoms. The number of nitrogens with one attached hydrogen (secondary N) is 2. The molecule has 0 atom stereocenters. The van der Waals surface area contributed by atoms with Crippen LogP contribution in [0.1, 0.15) is 32.4 Å². The molecule has 0 aliphatic carbocycles. The molecule has 7 nitrogen and oxygen atoms in total. The largest absolute Gasteiger partial charge is 0.481 e. The summed E-state index contributed by atoms with van der Waals surface area (Å²) in [5.74, 6) is -0.877. The molecule has 0 unspecified atom stereocenters. The van der Waals surface area contributed by atoms with Crippen LogP contribution in [0.3, 0.4) is 0 Å². The van der Waals surface area contributed by atoms with Gasteiger partial charge in [-0.2, -0.15) is 5.10 Å². The van der Waals surface area contributed by atoms with Gasteiger partial charge < -0.3 is 15.7 Å². The van der Waals surface area contributed by atoms with Crippen molar-refractivity contribution in [3.05, 3.63) is 23.9 Å². The Balaban J connectivity index is 2.05. The van der Waals surface area contributed by atoms with E-state index in [1.165, 1.54) is 0 Å². The summed E-state index contributed by atoms with van der Waals surface area (Å²) in [6.45, 7) is 5.53. The highest BCUT2D eigenvalue weighted by Gasteiger charge is 2.21. The molecule has 3 N–H and O–H groups in total. The molecule has 0 radical (unpaired) electrons. The van der Waals surface area contributed by atoms with Crippen molar-refractivity contribution in [3.63, 3.8) is 0 Å². The maximum Gasteiger partial charge on any atom is 0.319 e. The number of carboxylic acid groups (broad SMARTS) is 1. The van der Waals surface area contributed by atoms with Gasteiger partial charge >= 0.3 is 12.0 Å². The number of nitrogens with zero attached hydrogens (tertiary/aromatic N) is 2. The minimum Gasteiger partial charge on any atom is -0.481 e. The lowest BCUT2D eigenvalue weighted by Crippen LogP contribution is -2.45. The van der Waals surface area contributed by atoms with Gasteiger partial charge in [0.05, 0.1) is 11.2 Å². The van der Waals surface area contributed by atoms with Gasteiger partial charge in [0.25, 0.3) is 0 Å². The number of rotatable bonds is 5. The van der Waals surface area contributed by atoms with E-state index in [1.807, 2.05) is 32.2 Å². The monoisotopic (exact) mass is 318 g/mol. The fourth-order valence-electron chi connectivity index (χ4n) is 2.47. The molecule has 2 amide bonds. The lowest BCUT2D eigenvalue weighted by Gasteiger charge is -2.25. The van der Waals surface area contributed by atoms with Crippen molar-refractivity contribution in [2.24, 2.45) is 7.05 Å². The number of anilines is 1. The molecule has 1 aromatic heterocycles. The molecule has 0 spiro atoms. The topological polar surface area (TPSA) is 96.3 Å². The van der Waals surface area contributed by atoms with Crippen LogP contribution in [0.15, 0.2) is 18.2 Å². The van der Waals surface area contributed by atoms with Crippen molar-refractivity contribution in [2.45, 2.75) is 39.2 Å². The zero-order valence-corrected chi connectivity index (χ0v) is 13.8. The number of aryl methyl sites for hydroxylation is 2. The van der Waals surface area contributed by atoms with Gasteiger partial charge in [0.15, 0.2) is 0 Å². The number of fused-ring (bicyclic) bond motifs is 1. The fourth-order valence-corrected chi connectivity index (χ4v) is 2.47. The average molecular weight is 318 g/mol. The minimum absolute atomic E-state index is 0.00748. The van der Waals surface area contributed by atoms with Crippen molar-refractivity contribution in [3.8, 4) is 0 Å². The smallest absolute Gasteiger partial charge is 0.319 e. The van der Waals surface area contributed by atoms with Crippen LogP contribution >= 0.6 is 0 Å². The number of benzene rings is 1. The highest BCUT2D eigenvalue weighted by molar-refractivity contribution is 5.93. The summed E-state index contributed by atoms with van der Waals surface area (Å²) in [5.41, 5.74) is 1.93. The van der Waals surface area contributed by atoms with Crippen LogP contribution in [-0.2, 0) is 11.8 Å². The Morgan fingerprint density at radius 3 is 2.70 bits per heavy atom. The van der Waals surface area contributed by atoms with Crippen LogP contribution in [0.2, 0.25) is 0 Å². The number of aromatic nitrogens is 2. The Hall–Kier alpha value is -2.57. The molecule has 0 fully saturated rings. The first kappa shape index (κ1) is 16.8. The summed E-state index contributed by atoms with van der Waals surface area (Å²) in [4.78, 5) is 22.8. The average Bonchev–Trinajstić information content (AvgIpc) is 2.71. The van der Waals surface area contributed by atoms with E-state index in [0.717, 1.165) is 16.6 Å². The Labute approximate surface area is 134 Å². The molecule has 2 aromatic rings. The standard InChI is InChI=1S/C16H22N4O3/c1-10-12-6-5-11(9-13(12)20(4)19-10)17-15(23)18-16(2,3)8-7-14(21)22/h5-6,9H,7-8H2,1-4H3,(H,21,22)(H2,17,18,23). The molecule has 2 rings (SSSR count). The van der Waals surface area contributed by atoms with Crippen LogP contribution in [0.25, 0.3) is 10.9 Å². The molecule has 124 valence electrons. The maximum absolute atomic E-state index is 12.1. The normalized spacial score (nSPS) is 11.5. The van der Waals surface area contributed by atoms with E-state index in [9.17, 15) is 9.59 Å². The van der Waals surface area contributed by atoms with E-state index >= 15 is 0 Å². The summed E-state index contributed by atoms with van der Waals surface area (Å²) in [6, 6.07) is 5.24. The van der Waals surface area contributed by atoms with Crippen molar-refractivity contribution in [2.75, 3.05) is 5.32 Å². The van der Waals surface area contributed by atoms with Gasteiger partial charge in [-0.15, -0.1) is 0 Å². The molecule has 0 saturated heterocycles. The zero-order chi connectivity index (χ0) is 17.2. The van der Waals surface area contributed by atoms with Gasteiger partial charge in [-0.05, 0) is 45.4 Å². The van der Waals surface area contributed by atoms with Gasteiger partial charge in [-0.1, -0.05) is 0 Å². The SMILES string of the molecule is Cc1nn(C)c2cc(NC(=O)NC(C)(C)CCC(=O)O)ccc12. The Bertz CT molecular complexity index is 749. The predicted octanol–water partition coefficient (Wildman–Crippen LogP) is 2.65. The number of urea groups is 1. The van der Waals surface area contributed by atoms with Gasteiger partial charge in [0, 0.05) is 30.1 Å². The highest BCUT2D eigenvalue weighted by atomic mass is 16.4. The van der Waals surface area contributed by atoms with Crippen molar-refractivity contribution < 1.29 is 14.7 Å². The number of carboxylic acids is 1. The van der Waals surface area contributed by atoms with E-state index in [4.69, 9.17) is 5.11 Å². The minimum atomic E-state index is -0.877. The number of amides is 2. The number of carbonyl (C=O) groups excluding carboxylic acids is 1. The predicted molar refractivity (Wildman–Crippen MR) is 88.6 cm³/mol. The van der Waals surface area contributed by atoms with Crippen LogP contribution in [0, 0.1) is 6.92 Å². The van der Waals surface area contributed by atoms with Gasteiger partial charge in [-0.25, -0.2) is 4.79 Å². The second-order valence-electron chi connectivity index (χ2n) is 6.30. The summed E-state index contributed by atoms with van der Waals surface area (Å²) in [5, 5.41) is 19.7. The molecule has 1 aromatic carbocycles. The highest BCUT2D eigenvalue weighted by Crippen LogP contribution is 2.21. The number of hydrogen-bond acceptors (Lipinski definition) is 3. The first-order valence-electron chi connectivity index (χ1n) is 7.42. The fraction of sp³-hybridized carbons (Fsp3) is 0.438. The Morgan fingerprint density at radius 1 is 1.35 bits per heavy atom. The Kier molecular flexibility index (Phi) is 4.58. The van der Waals surface area contributed by atoms with E-state index in [-0.39, 0.29) is 12.5 Å². The molecule has 23 heavy (non-hydrogen) atoms. The van der Waals surface area contributed by atoms with E-state index < -0.39 is 11.5 Å². The zero-order valence-electron chi connectivity index (χ0n) is 13.8. The maximum atomic E-state index is 12.1. The number of hydrogen-bond donors (Lipinski definition) is 3. The third-order valence-corrected chi connectivity index (χ3v) is 3.71.